The molecule has 0 aliphatic carbocycles. The zero-order valence-electron chi connectivity index (χ0n) is 22.0. The third-order valence-corrected chi connectivity index (χ3v) is 10.1. The van der Waals surface area contributed by atoms with Crippen molar-refractivity contribution in [2.45, 2.75) is 63.1 Å². The first-order chi connectivity index (χ1) is 17.6. The Kier molecular flexibility index (Phi) is 8.38. The van der Waals surface area contributed by atoms with Crippen LogP contribution in [0.5, 0.6) is 5.75 Å². The lowest BCUT2D eigenvalue weighted by atomic mass is 9.86. The molecular weight excluding hydrogens is 488 g/mol. The number of aliphatic hydroxyl groups is 1. The van der Waals surface area contributed by atoms with E-state index in [1.165, 1.54) is 0 Å². The molecule has 1 fully saturated rings. The number of rotatable bonds is 8. The molecule has 4 rings (SSSR count). The Morgan fingerprint density at radius 1 is 1.22 bits per heavy atom. The molecule has 5 atom stereocenters. The van der Waals surface area contributed by atoms with E-state index >= 15 is 0 Å². The Labute approximate surface area is 219 Å². The molecule has 2 amide bonds. The lowest BCUT2D eigenvalue weighted by molar-refractivity contribution is -0.133. The van der Waals surface area contributed by atoms with Gasteiger partial charge in [0.15, 0.2) is 8.32 Å². The highest BCUT2D eigenvalue weighted by Gasteiger charge is 2.48. The van der Waals surface area contributed by atoms with E-state index in [0.29, 0.717) is 23.5 Å². The van der Waals surface area contributed by atoms with Crippen LogP contribution in [-0.2, 0) is 9.53 Å². The van der Waals surface area contributed by atoms with Gasteiger partial charge in [0.25, 0.3) is 5.91 Å². The maximum absolute atomic E-state index is 13.3. The largest absolute Gasteiger partial charge is 0.490 e. The zero-order chi connectivity index (χ0) is 26.7. The number of ether oxygens (including phenoxy) is 2. The molecular formula is C28H38N2O6Si. The summed E-state index contributed by atoms with van der Waals surface area (Å²) in [7, 11) is -1.20. The van der Waals surface area contributed by atoms with E-state index in [2.05, 4.69) is 5.32 Å². The molecule has 200 valence electrons. The summed E-state index contributed by atoms with van der Waals surface area (Å²) in [5.74, 6) is 0.219. The number of methoxy groups -OCH3 is 1. The van der Waals surface area contributed by atoms with Gasteiger partial charge in [-0.05, 0) is 56.3 Å². The van der Waals surface area contributed by atoms with Crippen molar-refractivity contribution in [1.29, 1.82) is 0 Å². The smallest absolute Gasteiger partial charge is 0.255 e. The Morgan fingerprint density at radius 3 is 2.59 bits per heavy atom. The summed E-state index contributed by atoms with van der Waals surface area (Å²) in [6, 6.07) is 14.3. The van der Waals surface area contributed by atoms with Crippen LogP contribution in [0, 0.1) is 5.92 Å². The highest BCUT2D eigenvalue weighted by molar-refractivity contribution is 6.71. The molecule has 0 bridgehead atoms. The predicted molar refractivity (Wildman–Crippen MR) is 144 cm³/mol. The third-order valence-electron chi connectivity index (χ3n) is 7.73. The Morgan fingerprint density at radius 2 is 1.95 bits per heavy atom. The lowest BCUT2D eigenvalue weighted by Crippen LogP contribution is -2.50. The van der Waals surface area contributed by atoms with Crippen LogP contribution < -0.4 is 10.1 Å². The number of hydrogen-bond donors (Lipinski definition) is 3. The summed E-state index contributed by atoms with van der Waals surface area (Å²) < 4.78 is 12.4. The fourth-order valence-electron chi connectivity index (χ4n) is 5.68. The van der Waals surface area contributed by atoms with Crippen molar-refractivity contribution in [3.05, 3.63) is 59.7 Å². The van der Waals surface area contributed by atoms with E-state index in [1.807, 2.05) is 50.3 Å². The number of anilines is 1. The number of nitrogens with one attached hydrogen (secondary N) is 1. The molecule has 2 aromatic rings. The van der Waals surface area contributed by atoms with Crippen molar-refractivity contribution in [3.63, 3.8) is 0 Å². The number of nitrogens with zero attached hydrogens (tertiary/aromatic N) is 1. The fraction of sp³-hybridized carbons (Fsp3) is 0.500. The van der Waals surface area contributed by atoms with E-state index < -0.39 is 14.4 Å². The predicted octanol–water partition coefficient (Wildman–Crippen LogP) is 3.96. The van der Waals surface area contributed by atoms with E-state index in [-0.39, 0.29) is 48.4 Å². The minimum atomic E-state index is -2.84. The van der Waals surface area contributed by atoms with Crippen molar-refractivity contribution in [1.82, 2.24) is 4.90 Å². The Balaban J connectivity index is 1.57. The van der Waals surface area contributed by atoms with Crippen molar-refractivity contribution in [2.75, 3.05) is 25.6 Å². The van der Waals surface area contributed by atoms with Crippen LogP contribution in [0.2, 0.25) is 18.6 Å². The second-order valence-corrected chi connectivity index (χ2v) is 14.7. The Hall–Kier alpha value is -2.72. The second kappa shape index (κ2) is 11.3. The molecule has 1 unspecified atom stereocenters. The number of carbonyl (C=O) groups excluding carboxylic acids is 2. The van der Waals surface area contributed by atoms with Gasteiger partial charge in [0.05, 0.1) is 18.8 Å². The van der Waals surface area contributed by atoms with Crippen LogP contribution in [0.3, 0.4) is 0 Å². The van der Waals surface area contributed by atoms with Crippen molar-refractivity contribution in [2.24, 2.45) is 5.92 Å². The first-order valence-electron chi connectivity index (χ1n) is 13.0. The molecule has 0 radical (unpaired) electrons. The van der Waals surface area contributed by atoms with Crippen LogP contribution in [0.1, 0.15) is 48.2 Å². The van der Waals surface area contributed by atoms with Crippen LogP contribution in [0.15, 0.2) is 48.5 Å². The van der Waals surface area contributed by atoms with E-state index in [1.54, 1.807) is 30.2 Å². The normalized spacial score (nSPS) is 24.2. The first-order valence-corrected chi connectivity index (χ1v) is 16.0. The number of aliphatic hydroxyl groups excluding tert-OH is 1. The van der Waals surface area contributed by atoms with Crippen LogP contribution >= 0.6 is 0 Å². The maximum atomic E-state index is 13.3. The van der Waals surface area contributed by atoms with Crippen molar-refractivity contribution >= 4 is 25.8 Å². The van der Waals surface area contributed by atoms with Gasteiger partial charge in [-0.25, -0.2) is 0 Å². The minimum absolute atomic E-state index is 0.0467. The summed E-state index contributed by atoms with van der Waals surface area (Å²) in [5, 5.41) is 12.6. The molecule has 2 heterocycles. The van der Waals surface area contributed by atoms with Gasteiger partial charge in [0.1, 0.15) is 11.9 Å². The summed E-state index contributed by atoms with van der Waals surface area (Å²) in [6.45, 7) is 6.28. The van der Waals surface area contributed by atoms with Crippen LogP contribution in [0.4, 0.5) is 5.69 Å². The van der Waals surface area contributed by atoms with E-state index in [0.717, 1.165) is 18.4 Å². The van der Waals surface area contributed by atoms with E-state index in [4.69, 9.17) is 9.47 Å². The SMILES string of the molecule is CO[C@@H]1c2cc(NC(=O)c3ccccc3)ccc2O[C@H](C(CC(=O)N2CCC[C@H]2CO)[Si](C)(C)O)[C@H]1C. The number of fused-ring (bicyclic) bond motifs is 1. The topological polar surface area (TPSA) is 108 Å². The standard InChI is InChI=1S/C28H38N2O6Si/c1-18-26(35-2)22-15-20(29-28(33)19-9-6-5-7-10-19)12-13-23(22)36-27(18)24(37(3,4)34)16-25(32)30-14-8-11-21(30)17-31/h5-7,9-10,12-13,15,18,21,24,26-27,31,34H,8,11,14,16-17H2,1-4H3,(H,29,33)/t18-,21-,24?,26-,27-/m0/s1. The quantitative estimate of drug-likeness (QED) is 0.450. The highest BCUT2D eigenvalue weighted by Crippen LogP contribution is 2.47. The summed E-state index contributed by atoms with van der Waals surface area (Å²) in [5.41, 5.74) is 1.66. The highest BCUT2D eigenvalue weighted by atomic mass is 28.4. The number of hydrogen-bond acceptors (Lipinski definition) is 6. The molecule has 8 nitrogen and oxygen atoms in total. The van der Waals surface area contributed by atoms with Crippen molar-refractivity contribution < 1.29 is 29.0 Å². The zero-order valence-corrected chi connectivity index (χ0v) is 23.0. The molecule has 0 saturated carbocycles. The summed E-state index contributed by atoms with van der Waals surface area (Å²) in [4.78, 5) is 39.0. The average Bonchev–Trinajstić information content (AvgIpc) is 3.36. The Bertz CT molecular complexity index is 1110. The number of benzene rings is 2. The minimum Gasteiger partial charge on any atom is -0.490 e. The summed E-state index contributed by atoms with van der Waals surface area (Å²) >= 11 is 0. The molecule has 0 aromatic heterocycles. The summed E-state index contributed by atoms with van der Waals surface area (Å²) in [6.07, 6.45) is 1.07. The van der Waals surface area contributed by atoms with Crippen LogP contribution in [0.25, 0.3) is 0 Å². The third kappa shape index (κ3) is 5.90. The molecule has 1 saturated heterocycles. The first kappa shape index (κ1) is 27.3. The van der Waals surface area contributed by atoms with Gasteiger partial charge in [0.2, 0.25) is 5.91 Å². The molecule has 37 heavy (non-hydrogen) atoms. The van der Waals surface area contributed by atoms with E-state index in [9.17, 15) is 19.5 Å². The number of amides is 2. The molecule has 9 heteroatoms. The van der Waals surface area contributed by atoms with Gasteiger partial charge in [0, 0.05) is 48.3 Å². The average molecular weight is 527 g/mol. The maximum Gasteiger partial charge on any atom is 0.255 e. The van der Waals surface area contributed by atoms with Gasteiger partial charge >= 0.3 is 0 Å². The van der Waals surface area contributed by atoms with Gasteiger partial charge < -0.3 is 29.6 Å². The fourth-order valence-corrected chi connectivity index (χ4v) is 7.53. The van der Waals surface area contributed by atoms with Crippen molar-refractivity contribution in [3.8, 4) is 5.75 Å². The monoisotopic (exact) mass is 526 g/mol. The van der Waals surface area contributed by atoms with Gasteiger partial charge in [-0.3, -0.25) is 9.59 Å². The van der Waals surface area contributed by atoms with Gasteiger partial charge in [-0.15, -0.1) is 0 Å². The molecule has 0 spiro atoms. The molecule has 3 N–H and O–H groups in total. The van der Waals surface area contributed by atoms with Gasteiger partial charge in [-0.2, -0.15) is 0 Å². The number of carbonyl (C=O) groups is 2. The second-order valence-electron chi connectivity index (χ2n) is 10.7. The van der Waals surface area contributed by atoms with Crippen LogP contribution in [-0.4, -0.2) is 67.3 Å². The molecule has 2 aromatic carbocycles. The van der Waals surface area contributed by atoms with Gasteiger partial charge in [-0.1, -0.05) is 25.1 Å². The lowest BCUT2D eigenvalue weighted by Gasteiger charge is -2.44. The number of likely N-dealkylation sites (tertiary alicyclic amines) is 1. The molecule has 2 aliphatic rings. The molecule has 2 aliphatic heterocycles.